The van der Waals surface area contributed by atoms with E-state index in [0.717, 1.165) is 0 Å². The second-order valence-corrected chi connectivity index (χ2v) is 4.06. The van der Waals surface area contributed by atoms with Crippen molar-refractivity contribution in [3.8, 4) is 5.69 Å². The van der Waals surface area contributed by atoms with Crippen molar-refractivity contribution in [3.05, 3.63) is 40.7 Å². The number of aliphatic carboxylic acids is 1. The average Bonchev–Trinajstić information content (AvgIpc) is 2.62. The summed E-state index contributed by atoms with van der Waals surface area (Å²) in [5.41, 5.74) is 0.471. The van der Waals surface area contributed by atoms with Crippen LogP contribution in [0.2, 0.25) is 5.02 Å². The fourth-order valence-electron chi connectivity index (χ4n) is 1.53. The monoisotopic (exact) mass is 269 g/mol. The molecule has 0 aliphatic carbocycles. The third-order valence-corrected chi connectivity index (χ3v) is 2.53. The van der Waals surface area contributed by atoms with Crippen LogP contribution >= 0.6 is 11.6 Å². The summed E-state index contributed by atoms with van der Waals surface area (Å²) in [6.45, 7) is 1.65. The van der Waals surface area contributed by atoms with Crippen molar-refractivity contribution in [1.29, 1.82) is 0 Å². The van der Waals surface area contributed by atoms with Gasteiger partial charge in [0, 0.05) is 0 Å². The van der Waals surface area contributed by atoms with E-state index in [0.29, 0.717) is 11.5 Å². The standard InChI is InChI=1S/C11H9ClFN3O2/c1-6-14-10(5-11(17)18)16(15-6)7-2-3-9(13)8(12)4-7/h2-4H,5H2,1H3,(H,17,18). The van der Waals surface area contributed by atoms with Crippen molar-refractivity contribution in [2.45, 2.75) is 13.3 Å². The predicted octanol–water partition coefficient (Wildman–Crippen LogP) is 2.00. The number of carboxylic acids is 1. The van der Waals surface area contributed by atoms with Crippen LogP contribution in [0.4, 0.5) is 4.39 Å². The Hall–Kier alpha value is -1.95. The van der Waals surface area contributed by atoms with E-state index in [1.165, 1.54) is 22.9 Å². The van der Waals surface area contributed by atoms with Crippen molar-refractivity contribution in [2.75, 3.05) is 0 Å². The maximum atomic E-state index is 13.1. The molecule has 0 aliphatic heterocycles. The second-order valence-electron chi connectivity index (χ2n) is 3.66. The number of rotatable bonds is 3. The molecule has 2 rings (SSSR count). The van der Waals surface area contributed by atoms with Gasteiger partial charge in [-0.1, -0.05) is 11.6 Å². The molecule has 1 heterocycles. The maximum Gasteiger partial charge on any atom is 0.311 e. The Morgan fingerprint density at radius 2 is 2.28 bits per heavy atom. The smallest absolute Gasteiger partial charge is 0.311 e. The zero-order valence-electron chi connectivity index (χ0n) is 9.39. The third kappa shape index (κ3) is 2.48. The number of nitrogens with zero attached hydrogens (tertiary/aromatic N) is 3. The molecular formula is C11H9ClFN3O2. The largest absolute Gasteiger partial charge is 0.481 e. The predicted molar refractivity (Wildman–Crippen MR) is 62.4 cm³/mol. The summed E-state index contributed by atoms with van der Waals surface area (Å²) in [5, 5.41) is 12.8. The SMILES string of the molecule is Cc1nc(CC(=O)O)n(-c2ccc(F)c(Cl)c2)n1. The molecule has 7 heteroatoms. The fraction of sp³-hybridized carbons (Fsp3) is 0.182. The van der Waals surface area contributed by atoms with E-state index in [1.54, 1.807) is 6.92 Å². The Morgan fingerprint density at radius 3 is 2.89 bits per heavy atom. The number of aryl methyl sites for hydroxylation is 1. The first-order valence-electron chi connectivity index (χ1n) is 5.07. The normalized spacial score (nSPS) is 10.6. The number of carbonyl (C=O) groups is 1. The molecule has 0 atom stereocenters. The molecule has 0 radical (unpaired) electrons. The molecule has 94 valence electrons. The quantitative estimate of drug-likeness (QED) is 0.925. The summed E-state index contributed by atoms with van der Waals surface area (Å²) in [6.07, 6.45) is -0.268. The molecule has 0 aliphatic rings. The number of hydrogen-bond acceptors (Lipinski definition) is 3. The van der Waals surface area contributed by atoms with Crippen molar-refractivity contribution < 1.29 is 14.3 Å². The van der Waals surface area contributed by atoms with Crippen LogP contribution in [0.5, 0.6) is 0 Å². The van der Waals surface area contributed by atoms with Gasteiger partial charge in [0.1, 0.15) is 23.9 Å². The highest BCUT2D eigenvalue weighted by Crippen LogP contribution is 2.19. The molecule has 18 heavy (non-hydrogen) atoms. The van der Waals surface area contributed by atoms with Crippen molar-refractivity contribution in [2.24, 2.45) is 0 Å². The van der Waals surface area contributed by atoms with E-state index in [4.69, 9.17) is 16.7 Å². The van der Waals surface area contributed by atoms with Gasteiger partial charge in [0.25, 0.3) is 0 Å². The van der Waals surface area contributed by atoms with E-state index >= 15 is 0 Å². The highest BCUT2D eigenvalue weighted by atomic mass is 35.5. The lowest BCUT2D eigenvalue weighted by atomic mass is 10.3. The van der Waals surface area contributed by atoms with Crippen molar-refractivity contribution in [3.63, 3.8) is 0 Å². The van der Waals surface area contributed by atoms with Gasteiger partial charge in [-0.15, -0.1) is 0 Å². The van der Waals surface area contributed by atoms with E-state index < -0.39 is 11.8 Å². The fourth-order valence-corrected chi connectivity index (χ4v) is 1.71. The summed E-state index contributed by atoms with van der Waals surface area (Å²) in [7, 11) is 0. The number of hydrogen-bond donors (Lipinski definition) is 1. The minimum atomic E-state index is -1.02. The van der Waals surface area contributed by atoms with Crippen molar-refractivity contribution >= 4 is 17.6 Å². The topological polar surface area (TPSA) is 68.0 Å². The molecule has 1 aromatic carbocycles. The molecule has 0 bridgehead atoms. The van der Waals surface area contributed by atoms with Gasteiger partial charge < -0.3 is 5.11 Å². The van der Waals surface area contributed by atoms with Crippen molar-refractivity contribution in [1.82, 2.24) is 14.8 Å². The first-order chi connectivity index (χ1) is 8.47. The summed E-state index contributed by atoms with van der Waals surface area (Å²) in [5.74, 6) is -0.858. The second kappa shape index (κ2) is 4.73. The van der Waals surface area contributed by atoms with E-state index in [1.807, 2.05) is 0 Å². The Balaban J connectivity index is 2.49. The summed E-state index contributed by atoms with van der Waals surface area (Å²) in [6, 6.07) is 4.02. The lowest BCUT2D eigenvalue weighted by Gasteiger charge is -2.05. The minimum Gasteiger partial charge on any atom is -0.481 e. The number of carboxylic acid groups (broad SMARTS) is 1. The van der Waals surface area contributed by atoms with Crippen LogP contribution in [-0.2, 0) is 11.2 Å². The number of aromatic nitrogens is 3. The van der Waals surface area contributed by atoms with E-state index in [-0.39, 0.29) is 17.3 Å². The molecule has 0 amide bonds. The van der Waals surface area contributed by atoms with Gasteiger partial charge in [-0.05, 0) is 25.1 Å². The molecular weight excluding hydrogens is 261 g/mol. The highest BCUT2D eigenvalue weighted by Gasteiger charge is 2.13. The summed E-state index contributed by atoms with van der Waals surface area (Å²) in [4.78, 5) is 14.7. The minimum absolute atomic E-state index is 0.0538. The zero-order chi connectivity index (χ0) is 13.3. The molecule has 0 fully saturated rings. The van der Waals surface area contributed by atoms with E-state index in [2.05, 4.69) is 10.1 Å². The lowest BCUT2D eigenvalue weighted by molar-refractivity contribution is -0.136. The Bertz CT molecular complexity index is 612. The Labute approximate surface area is 107 Å². The van der Waals surface area contributed by atoms with Gasteiger partial charge in [0.2, 0.25) is 0 Å². The number of benzene rings is 1. The van der Waals surface area contributed by atoms with Gasteiger partial charge in [-0.25, -0.2) is 14.1 Å². The molecule has 2 aromatic rings. The molecule has 1 aromatic heterocycles. The number of halogens is 2. The third-order valence-electron chi connectivity index (χ3n) is 2.24. The van der Waals surface area contributed by atoms with Crippen LogP contribution in [0, 0.1) is 12.7 Å². The average molecular weight is 270 g/mol. The molecule has 0 saturated heterocycles. The first kappa shape index (κ1) is 12.5. The summed E-state index contributed by atoms with van der Waals surface area (Å²) < 4.78 is 14.4. The van der Waals surface area contributed by atoms with Crippen LogP contribution in [0.15, 0.2) is 18.2 Å². The van der Waals surface area contributed by atoms with Crippen LogP contribution in [0.3, 0.4) is 0 Å². The van der Waals surface area contributed by atoms with Gasteiger partial charge in [0.05, 0.1) is 10.7 Å². The lowest BCUT2D eigenvalue weighted by Crippen LogP contribution is -2.09. The Morgan fingerprint density at radius 1 is 1.56 bits per heavy atom. The first-order valence-corrected chi connectivity index (χ1v) is 5.45. The Kier molecular flexibility index (Phi) is 3.29. The van der Waals surface area contributed by atoms with Crippen LogP contribution in [0.25, 0.3) is 5.69 Å². The highest BCUT2D eigenvalue weighted by molar-refractivity contribution is 6.30. The summed E-state index contributed by atoms with van der Waals surface area (Å²) >= 11 is 5.68. The van der Waals surface area contributed by atoms with Crippen LogP contribution < -0.4 is 0 Å². The van der Waals surface area contributed by atoms with E-state index in [9.17, 15) is 9.18 Å². The molecule has 0 saturated carbocycles. The van der Waals surface area contributed by atoms with Crippen LogP contribution in [0.1, 0.15) is 11.6 Å². The van der Waals surface area contributed by atoms with Crippen LogP contribution in [-0.4, -0.2) is 25.8 Å². The van der Waals surface area contributed by atoms with Gasteiger partial charge in [-0.2, -0.15) is 5.10 Å². The molecule has 0 spiro atoms. The maximum absolute atomic E-state index is 13.1. The molecule has 5 nitrogen and oxygen atoms in total. The molecule has 0 unspecified atom stereocenters. The molecule has 1 N–H and O–H groups in total. The van der Waals surface area contributed by atoms with Gasteiger partial charge in [0.15, 0.2) is 0 Å². The van der Waals surface area contributed by atoms with Gasteiger partial charge in [-0.3, -0.25) is 4.79 Å². The van der Waals surface area contributed by atoms with Gasteiger partial charge >= 0.3 is 5.97 Å². The zero-order valence-corrected chi connectivity index (χ0v) is 10.1.